The minimum absolute atomic E-state index is 0.00527. The maximum atomic E-state index is 13.7. The lowest BCUT2D eigenvalue weighted by atomic mass is 9.48. The van der Waals surface area contributed by atoms with Gasteiger partial charge in [-0.3, -0.25) is 19.2 Å². The zero-order valence-corrected chi connectivity index (χ0v) is 21.4. The molecule has 0 saturated heterocycles. The predicted octanol–water partition coefficient (Wildman–Crippen LogP) is 4.80. The highest BCUT2D eigenvalue weighted by Gasteiger charge is 2.63. The number of hydrogen-bond acceptors (Lipinski definition) is 9. The van der Waals surface area contributed by atoms with Crippen molar-refractivity contribution in [2.75, 3.05) is 6.61 Å². The average Bonchev–Trinajstić information content (AvgIpc) is 3.18. The highest BCUT2D eigenvalue weighted by Crippen LogP contribution is 2.63. The summed E-state index contributed by atoms with van der Waals surface area (Å²) in [6, 6.07) is 0. The summed E-state index contributed by atoms with van der Waals surface area (Å²) in [5.41, 5.74) is -0.650. The number of carbonyl (C=O) groups excluding carboxylic acids is 4. The van der Waals surface area contributed by atoms with E-state index in [9.17, 15) is 28.0 Å². The number of alkyl halides is 2. The minimum Gasteiger partial charge on any atom is -0.458 e. The fourth-order valence-corrected chi connectivity index (χ4v) is 8.22. The second-order valence-electron chi connectivity index (χ2n) is 11.3. The highest BCUT2D eigenvalue weighted by atomic mass is 32.2. The van der Waals surface area contributed by atoms with Gasteiger partial charge in [0.25, 0.3) is 0 Å². The number of rotatable bonds is 9. The Morgan fingerprint density at radius 3 is 2.64 bits per heavy atom. The molecule has 0 aromatic heterocycles. The molecule has 0 spiro atoms. The van der Waals surface area contributed by atoms with Gasteiger partial charge in [0.15, 0.2) is 6.61 Å². The van der Waals surface area contributed by atoms with Crippen LogP contribution in [0.1, 0.15) is 71.6 Å². The van der Waals surface area contributed by atoms with Crippen LogP contribution < -0.4 is 0 Å². The summed E-state index contributed by atoms with van der Waals surface area (Å²) < 4.78 is 35.3. The Morgan fingerprint density at radius 1 is 1.17 bits per heavy atom. The molecule has 0 radical (unpaired) electrons. The van der Waals surface area contributed by atoms with Crippen LogP contribution in [0.2, 0.25) is 0 Å². The van der Waals surface area contributed by atoms with Gasteiger partial charge in [-0.15, -0.1) is 4.33 Å². The molecule has 4 aliphatic rings. The molecule has 0 aromatic rings. The van der Waals surface area contributed by atoms with Crippen molar-refractivity contribution in [3.63, 3.8) is 0 Å². The summed E-state index contributed by atoms with van der Waals surface area (Å²) in [4.78, 5) is 51.0. The van der Waals surface area contributed by atoms with Crippen molar-refractivity contribution in [3.05, 3.63) is 0 Å². The first-order valence-electron chi connectivity index (χ1n) is 12.7. The van der Waals surface area contributed by atoms with E-state index in [0.717, 1.165) is 19.3 Å². The smallest absolute Gasteiger partial charge is 0.354 e. The number of hydrogen-bond donors (Lipinski definition) is 1. The van der Waals surface area contributed by atoms with E-state index in [4.69, 9.17) is 5.26 Å². The lowest BCUT2D eigenvalue weighted by Gasteiger charge is -2.54. The van der Waals surface area contributed by atoms with Gasteiger partial charge in [-0.2, -0.15) is 8.78 Å². The Bertz CT molecular complexity index is 897. The largest absolute Gasteiger partial charge is 0.458 e. The van der Waals surface area contributed by atoms with Crippen LogP contribution in [-0.4, -0.2) is 40.4 Å². The third-order valence-electron chi connectivity index (χ3n) is 9.56. The number of carbonyl (C=O) groups is 4. The average molecular weight is 533 g/mol. The van der Waals surface area contributed by atoms with E-state index in [2.05, 4.69) is 14.1 Å². The van der Waals surface area contributed by atoms with Crippen LogP contribution in [-0.2, 0) is 33.3 Å². The lowest BCUT2D eigenvalue weighted by molar-refractivity contribution is -0.433. The molecular formula is C25H34F2O8S. The van der Waals surface area contributed by atoms with Crippen LogP contribution in [0, 0.1) is 46.8 Å². The normalized spacial score (nSPS) is 37.2. The molecule has 0 bridgehead atoms. The van der Waals surface area contributed by atoms with E-state index >= 15 is 0 Å². The fourth-order valence-electron chi connectivity index (χ4n) is 7.98. The Labute approximate surface area is 213 Å². The number of esters is 1. The molecule has 1 N–H and O–H groups in total. The molecule has 0 aromatic carbocycles. The third kappa shape index (κ3) is 5.26. The standard InChI is InChI=1S/C25H34F2O8S/c1-13(3-8-22(31)33-12-25(26,27)36-35-34-32)18-6-7-19-23-17(11-21(30)24(18,19)2)16-5-4-15(28)9-14(16)10-20(23)29/h13-14,16-19,23,32H,3-12H2,1-2H3/t13?,14-,16-,17+,18+,19-,23+,24+/m0/s1. The van der Waals surface area contributed by atoms with E-state index < -0.39 is 35.3 Å². The van der Waals surface area contributed by atoms with E-state index in [1.807, 2.05) is 13.8 Å². The first kappa shape index (κ1) is 27.6. The molecule has 1 unspecified atom stereocenters. The Morgan fingerprint density at radius 2 is 1.92 bits per heavy atom. The van der Waals surface area contributed by atoms with Crippen LogP contribution in [0.25, 0.3) is 0 Å². The number of fused-ring (bicyclic) bond motifs is 5. The van der Waals surface area contributed by atoms with Gasteiger partial charge in [-0.05, 0) is 61.2 Å². The summed E-state index contributed by atoms with van der Waals surface area (Å²) in [7, 11) is 0. The first-order chi connectivity index (χ1) is 17.0. The maximum absolute atomic E-state index is 13.7. The van der Waals surface area contributed by atoms with Gasteiger partial charge in [0.2, 0.25) is 0 Å². The predicted molar refractivity (Wildman–Crippen MR) is 123 cm³/mol. The van der Waals surface area contributed by atoms with Crippen LogP contribution in [0.3, 0.4) is 0 Å². The second kappa shape index (κ2) is 10.7. The van der Waals surface area contributed by atoms with E-state index in [0.29, 0.717) is 32.1 Å². The number of Topliss-reactive ketones (excluding diaryl/α,β-unsaturated/α-hetero) is 3. The molecular weight excluding hydrogens is 498 g/mol. The van der Waals surface area contributed by atoms with Crippen molar-refractivity contribution >= 4 is 35.4 Å². The van der Waals surface area contributed by atoms with Crippen LogP contribution >= 0.6 is 12.0 Å². The van der Waals surface area contributed by atoms with Gasteiger partial charge in [0.1, 0.15) is 29.4 Å². The molecule has 36 heavy (non-hydrogen) atoms. The summed E-state index contributed by atoms with van der Waals surface area (Å²) >= 11 is -0.471. The topological polar surface area (TPSA) is 116 Å². The van der Waals surface area contributed by atoms with E-state index in [-0.39, 0.29) is 65.2 Å². The molecule has 4 saturated carbocycles. The molecule has 0 aliphatic heterocycles. The van der Waals surface area contributed by atoms with Crippen molar-refractivity contribution in [2.45, 2.75) is 76.9 Å². The van der Waals surface area contributed by atoms with Crippen molar-refractivity contribution in [2.24, 2.45) is 46.8 Å². The monoisotopic (exact) mass is 532 g/mol. The number of halogens is 2. The molecule has 8 atom stereocenters. The fraction of sp³-hybridized carbons (Fsp3) is 0.840. The summed E-state index contributed by atoms with van der Waals surface area (Å²) in [5, 5.41) is 7.53. The lowest BCUT2D eigenvalue weighted by Crippen LogP contribution is -2.56. The molecule has 202 valence electrons. The molecule has 0 amide bonds. The zero-order valence-electron chi connectivity index (χ0n) is 20.6. The maximum Gasteiger partial charge on any atom is 0.354 e. The van der Waals surface area contributed by atoms with Crippen molar-refractivity contribution in [3.8, 4) is 0 Å². The van der Waals surface area contributed by atoms with E-state index in [1.165, 1.54) is 0 Å². The molecule has 4 aliphatic carbocycles. The SMILES string of the molecule is CC(CCC(=O)OCC(F)(F)SOOO)[C@H]1CC[C@H]2[C@@H]3C(=O)C[C@@H]4CC(=O)CC[C@@H]4[C@H]3CC(=O)[C@]12C. The van der Waals surface area contributed by atoms with E-state index in [1.54, 1.807) is 0 Å². The van der Waals surface area contributed by atoms with Gasteiger partial charge < -0.3 is 4.74 Å². The molecule has 0 heterocycles. The van der Waals surface area contributed by atoms with Crippen molar-refractivity contribution in [1.82, 2.24) is 0 Å². The Kier molecular flexibility index (Phi) is 8.24. The molecule has 11 heteroatoms. The first-order valence-corrected chi connectivity index (χ1v) is 13.5. The quantitative estimate of drug-likeness (QED) is 0.193. The molecule has 8 nitrogen and oxygen atoms in total. The van der Waals surface area contributed by atoms with Gasteiger partial charge in [0.05, 0.1) is 0 Å². The summed E-state index contributed by atoms with van der Waals surface area (Å²) in [6.07, 6.45) is 4.43. The van der Waals surface area contributed by atoms with Crippen molar-refractivity contribution < 1.29 is 47.3 Å². The highest BCUT2D eigenvalue weighted by molar-refractivity contribution is 7.95. The van der Waals surface area contributed by atoms with Gasteiger partial charge in [-0.1, -0.05) is 18.9 Å². The molecule has 4 rings (SSSR count). The number of ketones is 3. The van der Waals surface area contributed by atoms with Crippen LogP contribution in [0.4, 0.5) is 8.78 Å². The van der Waals surface area contributed by atoms with Gasteiger partial charge in [0, 0.05) is 43.4 Å². The third-order valence-corrected chi connectivity index (χ3v) is 10.1. The van der Waals surface area contributed by atoms with Crippen LogP contribution in [0.15, 0.2) is 0 Å². The summed E-state index contributed by atoms with van der Waals surface area (Å²) in [6.45, 7) is 2.72. The Balaban J connectivity index is 1.38. The summed E-state index contributed by atoms with van der Waals surface area (Å²) in [5.74, 6) is -0.0400. The number of ether oxygens (including phenoxy) is 1. The minimum atomic E-state index is -3.58. The van der Waals surface area contributed by atoms with Crippen molar-refractivity contribution in [1.29, 1.82) is 0 Å². The molecule has 4 fully saturated rings. The zero-order chi connectivity index (χ0) is 26.3. The Hall–Kier alpha value is -1.43. The van der Waals surface area contributed by atoms with Gasteiger partial charge in [-0.25, -0.2) is 5.26 Å². The van der Waals surface area contributed by atoms with Gasteiger partial charge >= 0.3 is 11.2 Å². The van der Waals surface area contributed by atoms with Crippen LogP contribution in [0.5, 0.6) is 0 Å². The second-order valence-corrected chi connectivity index (χ2v) is 12.2.